The molecular formula is C19H28N2O3. The molecule has 1 aromatic carbocycles. The van der Waals surface area contributed by atoms with Crippen molar-refractivity contribution in [3.63, 3.8) is 0 Å². The number of hydrogen-bond donors (Lipinski definition) is 3. The number of aliphatic hydroxyl groups excluding tert-OH is 1. The van der Waals surface area contributed by atoms with Gasteiger partial charge in [-0.05, 0) is 37.2 Å². The highest BCUT2D eigenvalue weighted by molar-refractivity contribution is 5.88. The van der Waals surface area contributed by atoms with E-state index < -0.39 is 6.04 Å². The zero-order valence-corrected chi connectivity index (χ0v) is 14.5. The van der Waals surface area contributed by atoms with Crippen molar-refractivity contribution in [1.29, 1.82) is 0 Å². The number of benzene rings is 1. The summed E-state index contributed by atoms with van der Waals surface area (Å²) in [6.07, 6.45) is 3.04. The summed E-state index contributed by atoms with van der Waals surface area (Å²) in [5.41, 5.74) is 0.930. The SMILES string of the molecule is CC(C)[C@H](NC(=O)Cc1ccccc1)C(=O)NC1CCC(O)CC1. The highest BCUT2D eigenvalue weighted by atomic mass is 16.3. The fourth-order valence-electron chi connectivity index (χ4n) is 3.05. The van der Waals surface area contributed by atoms with Gasteiger partial charge in [-0.15, -0.1) is 0 Å². The Morgan fingerprint density at radius 1 is 1.12 bits per heavy atom. The molecule has 1 fully saturated rings. The first-order valence-corrected chi connectivity index (χ1v) is 8.77. The number of carbonyl (C=O) groups excluding carboxylic acids is 2. The van der Waals surface area contributed by atoms with Crippen LogP contribution in [-0.4, -0.2) is 35.1 Å². The van der Waals surface area contributed by atoms with Gasteiger partial charge < -0.3 is 15.7 Å². The van der Waals surface area contributed by atoms with E-state index >= 15 is 0 Å². The lowest BCUT2D eigenvalue weighted by Crippen LogP contribution is -2.53. The second-order valence-electron chi connectivity index (χ2n) is 6.97. The van der Waals surface area contributed by atoms with Crippen LogP contribution in [0, 0.1) is 5.92 Å². The van der Waals surface area contributed by atoms with Crippen LogP contribution in [-0.2, 0) is 16.0 Å². The largest absolute Gasteiger partial charge is 0.393 e. The summed E-state index contributed by atoms with van der Waals surface area (Å²) in [7, 11) is 0. The van der Waals surface area contributed by atoms with Gasteiger partial charge in [0.15, 0.2) is 0 Å². The fraction of sp³-hybridized carbons (Fsp3) is 0.579. The molecule has 1 aliphatic carbocycles. The first-order chi connectivity index (χ1) is 11.5. The van der Waals surface area contributed by atoms with E-state index in [1.54, 1.807) is 0 Å². The molecule has 1 aliphatic rings. The number of amides is 2. The molecule has 0 heterocycles. The third-order valence-corrected chi connectivity index (χ3v) is 4.52. The fourth-order valence-corrected chi connectivity index (χ4v) is 3.05. The van der Waals surface area contributed by atoms with E-state index in [2.05, 4.69) is 10.6 Å². The molecule has 3 N–H and O–H groups in total. The van der Waals surface area contributed by atoms with Gasteiger partial charge in [-0.3, -0.25) is 9.59 Å². The molecule has 2 rings (SSSR count). The minimum atomic E-state index is -0.534. The maximum absolute atomic E-state index is 12.5. The highest BCUT2D eigenvalue weighted by Crippen LogP contribution is 2.18. The summed E-state index contributed by atoms with van der Waals surface area (Å²) >= 11 is 0. The number of nitrogens with one attached hydrogen (secondary N) is 2. The molecule has 1 aromatic rings. The third kappa shape index (κ3) is 5.64. The van der Waals surface area contributed by atoms with Crippen LogP contribution in [0.25, 0.3) is 0 Å². The summed E-state index contributed by atoms with van der Waals surface area (Å²) in [4.78, 5) is 24.8. The van der Waals surface area contributed by atoms with Gasteiger partial charge in [0.2, 0.25) is 11.8 Å². The molecular weight excluding hydrogens is 304 g/mol. The predicted molar refractivity (Wildman–Crippen MR) is 93.3 cm³/mol. The van der Waals surface area contributed by atoms with E-state index in [1.807, 2.05) is 44.2 Å². The minimum Gasteiger partial charge on any atom is -0.393 e. The van der Waals surface area contributed by atoms with Crippen molar-refractivity contribution < 1.29 is 14.7 Å². The molecule has 24 heavy (non-hydrogen) atoms. The monoisotopic (exact) mass is 332 g/mol. The lowest BCUT2D eigenvalue weighted by Gasteiger charge is -2.29. The van der Waals surface area contributed by atoms with Crippen molar-refractivity contribution in [2.45, 2.75) is 64.1 Å². The van der Waals surface area contributed by atoms with Crippen molar-refractivity contribution in [3.05, 3.63) is 35.9 Å². The quantitative estimate of drug-likeness (QED) is 0.743. The topological polar surface area (TPSA) is 78.4 Å². The van der Waals surface area contributed by atoms with E-state index in [-0.39, 0.29) is 36.3 Å². The lowest BCUT2D eigenvalue weighted by molar-refractivity contribution is -0.130. The standard InChI is InChI=1S/C19H28N2O3/c1-13(2)18(19(24)20-15-8-10-16(22)11-9-15)21-17(23)12-14-6-4-3-5-7-14/h3-7,13,15-16,18,22H,8-12H2,1-2H3,(H,20,24)(H,21,23)/t15?,16?,18-/m0/s1. The molecule has 5 heteroatoms. The number of hydrogen-bond acceptors (Lipinski definition) is 3. The Hall–Kier alpha value is -1.88. The van der Waals surface area contributed by atoms with Gasteiger partial charge in [-0.1, -0.05) is 44.2 Å². The van der Waals surface area contributed by atoms with Crippen LogP contribution in [0.4, 0.5) is 0 Å². The van der Waals surface area contributed by atoms with Crippen LogP contribution < -0.4 is 10.6 Å². The maximum Gasteiger partial charge on any atom is 0.243 e. The van der Waals surface area contributed by atoms with Crippen LogP contribution in [0.1, 0.15) is 45.1 Å². The Balaban J connectivity index is 1.88. The van der Waals surface area contributed by atoms with Gasteiger partial charge in [0, 0.05) is 6.04 Å². The van der Waals surface area contributed by atoms with Crippen molar-refractivity contribution in [1.82, 2.24) is 10.6 Å². The molecule has 0 aromatic heterocycles. The molecule has 0 unspecified atom stereocenters. The van der Waals surface area contributed by atoms with Crippen molar-refractivity contribution in [2.75, 3.05) is 0 Å². The van der Waals surface area contributed by atoms with Crippen molar-refractivity contribution >= 4 is 11.8 Å². The van der Waals surface area contributed by atoms with Crippen LogP contribution in [0.5, 0.6) is 0 Å². The zero-order chi connectivity index (χ0) is 17.5. The van der Waals surface area contributed by atoms with E-state index in [0.717, 1.165) is 31.2 Å². The van der Waals surface area contributed by atoms with Crippen LogP contribution in [0.3, 0.4) is 0 Å². The Labute approximate surface area is 143 Å². The summed E-state index contributed by atoms with van der Waals surface area (Å²) < 4.78 is 0. The summed E-state index contributed by atoms with van der Waals surface area (Å²) in [6.45, 7) is 3.86. The van der Waals surface area contributed by atoms with E-state index in [0.29, 0.717) is 0 Å². The Bertz CT molecular complexity index is 537. The Kier molecular flexibility index (Phi) is 6.79. The van der Waals surface area contributed by atoms with E-state index in [1.165, 1.54) is 0 Å². The van der Waals surface area contributed by atoms with Crippen molar-refractivity contribution in [3.8, 4) is 0 Å². The molecule has 5 nitrogen and oxygen atoms in total. The number of aliphatic hydroxyl groups is 1. The van der Waals surface area contributed by atoms with Crippen molar-refractivity contribution in [2.24, 2.45) is 5.92 Å². The molecule has 132 valence electrons. The molecule has 0 radical (unpaired) electrons. The van der Waals surface area contributed by atoms with Gasteiger partial charge in [-0.2, -0.15) is 0 Å². The summed E-state index contributed by atoms with van der Waals surface area (Å²) in [6, 6.07) is 9.06. The molecule has 1 atom stereocenters. The molecule has 0 aliphatic heterocycles. The van der Waals surface area contributed by atoms with Gasteiger partial charge in [0.1, 0.15) is 6.04 Å². The Morgan fingerprint density at radius 3 is 2.33 bits per heavy atom. The smallest absolute Gasteiger partial charge is 0.243 e. The molecule has 0 bridgehead atoms. The average Bonchev–Trinajstić information content (AvgIpc) is 2.55. The van der Waals surface area contributed by atoms with Gasteiger partial charge in [0.25, 0.3) is 0 Å². The lowest BCUT2D eigenvalue weighted by atomic mass is 9.92. The number of rotatable bonds is 6. The van der Waals surface area contributed by atoms with Crippen LogP contribution >= 0.6 is 0 Å². The zero-order valence-electron chi connectivity index (χ0n) is 14.5. The minimum absolute atomic E-state index is 0.0129. The second-order valence-corrected chi connectivity index (χ2v) is 6.97. The summed E-state index contributed by atoms with van der Waals surface area (Å²) in [5, 5.41) is 15.4. The third-order valence-electron chi connectivity index (χ3n) is 4.52. The van der Waals surface area contributed by atoms with Gasteiger partial charge >= 0.3 is 0 Å². The predicted octanol–water partition coefficient (Wildman–Crippen LogP) is 1.79. The second kappa shape index (κ2) is 8.83. The average molecular weight is 332 g/mol. The molecule has 0 saturated heterocycles. The first-order valence-electron chi connectivity index (χ1n) is 8.77. The van der Waals surface area contributed by atoms with Crippen LogP contribution in [0.15, 0.2) is 30.3 Å². The van der Waals surface area contributed by atoms with E-state index in [9.17, 15) is 14.7 Å². The van der Waals surface area contributed by atoms with Crippen LogP contribution in [0.2, 0.25) is 0 Å². The normalized spacial score (nSPS) is 22.0. The Morgan fingerprint density at radius 2 is 1.75 bits per heavy atom. The molecule has 0 spiro atoms. The summed E-state index contributed by atoms with van der Waals surface area (Å²) in [5.74, 6) is -0.263. The molecule has 2 amide bonds. The van der Waals surface area contributed by atoms with E-state index in [4.69, 9.17) is 0 Å². The molecule has 1 saturated carbocycles. The highest BCUT2D eigenvalue weighted by Gasteiger charge is 2.27. The maximum atomic E-state index is 12.5. The van der Waals surface area contributed by atoms with Gasteiger partial charge in [0.05, 0.1) is 12.5 Å². The number of carbonyl (C=O) groups is 2. The first kappa shape index (κ1) is 18.5. The van der Waals surface area contributed by atoms with Gasteiger partial charge in [-0.25, -0.2) is 0 Å².